The predicted molar refractivity (Wildman–Crippen MR) is 81.9 cm³/mol. The molecule has 0 fully saturated rings. The molecule has 1 amide bonds. The number of fused-ring (bicyclic) bond motifs is 1. The fourth-order valence-corrected chi connectivity index (χ4v) is 2.07. The molecule has 5 nitrogen and oxygen atoms in total. The third kappa shape index (κ3) is 2.91. The number of hydrogen-bond acceptors (Lipinski definition) is 4. The van der Waals surface area contributed by atoms with Gasteiger partial charge in [-0.1, -0.05) is 12.1 Å². The Morgan fingerprint density at radius 1 is 1.18 bits per heavy atom. The average Bonchev–Trinajstić information content (AvgIpc) is 2.59. The maximum Gasteiger partial charge on any atom is 0.253 e. The van der Waals surface area contributed by atoms with Gasteiger partial charge in [0.1, 0.15) is 0 Å². The Bertz CT molecular complexity index is 866. The molecule has 0 saturated carbocycles. The van der Waals surface area contributed by atoms with Gasteiger partial charge >= 0.3 is 0 Å². The molecule has 0 spiro atoms. The van der Waals surface area contributed by atoms with Gasteiger partial charge in [-0.05, 0) is 35.9 Å². The number of rotatable bonds is 3. The summed E-state index contributed by atoms with van der Waals surface area (Å²) in [5, 5.41) is 12.4. The second kappa shape index (κ2) is 6.02. The van der Waals surface area contributed by atoms with Crippen molar-refractivity contribution in [2.75, 3.05) is 0 Å². The van der Waals surface area contributed by atoms with Crippen LogP contribution in [0.15, 0.2) is 54.9 Å². The molecule has 1 N–H and O–H groups in total. The van der Waals surface area contributed by atoms with E-state index in [0.717, 1.165) is 10.9 Å². The summed E-state index contributed by atoms with van der Waals surface area (Å²) >= 11 is 0. The lowest BCUT2D eigenvalue weighted by Crippen LogP contribution is -2.22. The van der Waals surface area contributed by atoms with Gasteiger partial charge < -0.3 is 5.32 Å². The molecule has 0 aliphatic rings. The molecule has 0 radical (unpaired) electrons. The Morgan fingerprint density at radius 2 is 2.00 bits per heavy atom. The van der Waals surface area contributed by atoms with Crippen LogP contribution in [-0.4, -0.2) is 15.9 Å². The summed E-state index contributed by atoms with van der Waals surface area (Å²) in [4.78, 5) is 20.5. The Kier molecular flexibility index (Phi) is 3.75. The van der Waals surface area contributed by atoms with Crippen LogP contribution in [0.1, 0.15) is 21.5 Å². The van der Waals surface area contributed by atoms with E-state index in [0.29, 0.717) is 23.3 Å². The topological polar surface area (TPSA) is 78.7 Å². The van der Waals surface area contributed by atoms with Gasteiger partial charge in [-0.25, -0.2) is 9.97 Å². The zero-order valence-corrected chi connectivity index (χ0v) is 11.7. The first kappa shape index (κ1) is 13.7. The molecule has 0 atom stereocenters. The van der Waals surface area contributed by atoms with Crippen LogP contribution in [0.5, 0.6) is 0 Å². The molecule has 1 aromatic carbocycles. The maximum atomic E-state index is 12.2. The van der Waals surface area contributed by atoms with Crippen LogP contribution in [0.4, 0.5) is 0 Å². The van der Waals surface area contributed by atoms with Crippen LogP contribution in [0.2, 0.25) is 0 Å². The van der Waals surface area contributed by atoms with Crippen LogP contribution in [0.25, 0.3) is 11.0 Å². The molecule has 0 unspecified atom stereocenters. The predicted octanol–water partition coefficient (Wildman–Crippen LogP) is 2.43. The highest BCUT2D eigenvalue weighted by molar-refractivity contribution is 5.96. The number of aromatic nitrogens is 2. The minimum atomic E-state index is -0.192. The Labute approximate surface area is 127 Å². The molecule has 3 rings (SSSR count). The fourth-order valence-electron chi connectivity index (χ4n) is 2.07. The zero-order valence-electron chi connectivity index (χ0n) is 11.7. The van der Waals surface area contributed by atoms with E-state index in [9.17, 15) is 4.79 Å². The SMILES string of the molecule is N#Cc1ccc(CNC(=O)c2cnc3ncccc3c2)cc1. The molecule has 3 aromatic rings. The van der Waals surface area contributed by atoms with Crippen molar-refractivity contribution >= 4 is 16.9 Å². The molecule has 22 heavy (non-hydrogen) atoms. The Morgan fingerprint density at radius 3 is 2.77 bits per heavy atom. The quantitative estimate of drug-likeness (QED) is 0.802. The van der Waals surface area contributed by atoms with Gasteiger partial charge in [0, 0.05) is 24.3 Å². The van der Waals surface area contributed by atoms with Crippen LogP contribution >= 0.6 is 0 Å². The second-order valence-corrected chi connectivity index (χ2v) is 4.77. The molecule has 2 aromatic heterocycles. The molecule has 2 heterocycles. The number of carbonyl (C=O) groups is 1. The van der Waals surface area contributed by atoms with Crippen LogP contribution in [0, 0.1) is 11.3 Å². The average molecular weight is 288 g/mol. The minimum Gasteiger partial charge on any atom is -0.348 e. The zero-order chi connectivity index (χ0) is 15.4. The highest BCUT2D eigenvalue weighted by Gasteiger charge is 2.07. The highest BCUT2D eigenvalue weighted by atomic mass is 16.1. The first-order valence-corrected chi connectivity index (χ1v) is 6.74. The number of amides is 1. The van der Waals surface area contributed by atoms with Gasteiger partial charge in [-0.3, -0.25) is 4.79 Å². The van der Waals surface area contributed by atoms with Crippen molar-refractivity contribution in [1.29, 1.82) is 5.26 Å². The van der Waals surface area contributed by atoms with Crippen LogP contribution < -0.4 is 5.32 Å². The summed E-state index contributed by atoms with van der Waals surface area (Å²) in [6.45, 7) is 0.398. The van der Waals surface area contributed by atoms with E-state index >= 15 is 0 Å². The van der Waals surface area contributed by atoms with Crippen molar-refractivity contribution < 1.29 is 4.79 Å². The van der Waals surface area contributed by atoms with Crippen molar-refractivity contribution in [1.82, 2.24) is 15.3 Å². The summed E-state index contributed by atoms with van der Waals surface area (Å²) in [6, 6.07) is 14.6. The fraction of sp³-hybridized carbons (Fsp3) is 0.0588. The molecular formula is C17H12N4O. The molecule has 0 saturated heterocycles. The van der Waals surface area contributed by atoms with Gasteiger partial charge in [0.15, 0.2) is 5.65 Å². The lowest BCUT2D eigenvalue weighted by molar-refractivity contribution is 0.0950. The number of benzene rings is 1. The summed E-state index contributed by atoms with van der Waals surface area (Å²) < 4.78 is 0. The van der Waals surface area contributed by atoms with Crippen molar-refractivity contribution in [2.45, 2.75) is 6.54 Å². The molecule has 106 valence electrons. The number of hydrogen-bond donors (Lipinski definition) is 1. The minimum absolute atomic E-state index is 0.192. The lowest BCUT2D eigenvalue weighted by Gasteiger charge is -2.06. The van der Waals surface area contributed by atoms with E-state index in [1.165, 1.54) is 6.20 Å². The largest absolute Gasteiger partial charge is 0.348 e. The number of nitrogens with one attached hydrogen (secondary N) is 1. The monoisotopic (exact) mass is 288 g/mol. The van der Waals surface area contributed by atoms with Crippen molar-refractivity contribution in [2.24, 2.45) is 0 Å². The van der Waals surface area contributed by atoms with E-state index in [2.05, 4.69) is 21.4 Å². The second-order valence-electron chi connectivity index (χ2n) is 4.77. The third-order valence-electron chi connectivity index (χ3n) is 3.25. The molecule has 0 bridgehead atoms. The van der Waals surface area contributed by atoms with Crippen molar-refractivity contribution in [3.63, 3.8) is 0 Å². The van der Waals surface area contributed by atoms with Crippen LogP contribution in [-0.2, 0) is 6.54 Å². The summed E-state index contributed by atoms with van der Waals surface area (Å²) in [7, 11) is 0. The van der Waals surface area contributed by atoms with Gasteiger partial charge in [0.25, 0.3) is 5.91 Å². The summed E-state index contributed by atoms with van der Waals surface area (Å²) in [5.41, 5.74) is 2.64. The van der Waals surface area contributed by atoms with Gasteiger partial charge in [0.05, 0.1) is 17.2 Å². The number of nitriles is 1. The molecule has 0 aliphatic heterocycles. The van der Waals surface area contributed by atoms with E-state index in [1.54, 1.807) is 24.4 Å². The molecule has 0 aliphatic carbocycles. The molecule has 5 heteroatoms. The first-order chi connectivity index (χ1) is 10.8. The maximum absolute atomic E-state index is 12.2. The van der Waals surface area contributed by atoms with Gasteiger partial charge in [-0.2, -0.15) is 5.26 Å². The van der Waals surface area contributed by atoms with E-state index in [4.69, 9.17) is 5.26 Å². The van der Waals surface area contributed by atoms with Crippen LogP contribution in [0.3, 0.4) is 0 Å². The smallest absolute Gasteiger partial charge is 0.253 e. The van der Waals surface area contributed by atoms with Crippen molar-refractivity contribution in [3.05, 3.63) is 71.5 Å². The number of carbonyl (C=O) groups excluding carboxylic acids is 1. The van der Waals surface area contributed by atoms with E-state index < -0.39 is 0 Å². The first-order valence-electron chi connectivity index (χ1n) is 6.74. The number of nitrogens with zero attached hydrogens (tertiary/aromatic N) is 3. The Balaban J connectivity index is 1.71. The normalized spacial score (nSPS) is 10.1. The molecular weight excluding hydrogens is 276 g/mol. The van der Waals surface area contributed by atoms with E-state index in [1.807, 2.05) is 24.3 Å². The standard InChI is InChI=1S/C17H12N4O/c18-9-12-3-5-13(6-4-12)10-21-17(22)15-8-14-2-1-7-19-16(14)20-11-15/h1-8,11H,10H2,(H,21,22). The van der Waals surface area contributed by atoms with Crippen molar-refractivity contribution in [3.8, 4) is 6.07 Å². The third-order valence-corrected chi connectivity index (χ3v) is 3.25. The lowest BCUT2D eigenvalue weighted by atomic mass is 10.1. The summed E-state index contributed by atoms with van der Waals surface area (Å²) in [6.07, 6.45) is 3.18. The van der Waals surface area contributed by atoms with Gasteiger partial charge in [-0.15, -0.1) is 0 Å². The van der Waals surface area contributed by atoms with E-state index in [-0.39, 0.29) is 5.91 Å². The Hall–Kier alpha value is -3.26. The van der Waals surface area contributed by atoms with Gasteiger partial charge in [0.2, 0.25) is 0 Å². The number of pyridine rings is 2. The highest BCUT2D eigenvalue weighted by Crippen LogP contribution is 2.10. The summed E-state index contributed by atoms with van der Waals surface area (Å²) in [5.74, 6) is -0.192.